The van der Waals surface area contributed by atoms with Gasteiger partial charge in [0.1, 0.15) is 11.4 Å². The van der Waals surface area contributed by atoms with Gasteiger partial charge >= 0.3 is 5.97 Å². The van der Waals surface area contributed by atoms with Gasteiger partial charge in [0.25, 0.3) is 0 Å². The van der Waals surface area contributed by atoms with Crippen LogP contribution < -0.4 is 4.74 Å². The fourth-order valence-corrected chi connectivity index (χ4v) is 3.52. The number of hydrogen-bond acceptors (Lipinski definition) is 4. The highest BCUT2D eigenvalue weighted by atomic mass is 32.2. The molecule has 0 atom stereocenters. The number of hydrogen-bond donors (Lipinski definition) is 1. The number of carboxylic acid groups (broad SMARTS) is 1. The average Bonchev–Trinajstić information content (AvgIpc) is 2.34. The van der Waals surface area contributed by atoms with Gasteiger partial charge in [-0.3, -0.25) is 0 Å². The van der Waals surface area contributed by atoms with Gasteiger partial charge in [0, 0.05) is 13.1 Å². The Hall–Kier alpha value is -1.67. The highest BCUT2D eigenvalue weighted by Crippen LogP contribution is 2.30. The van der Waals surface area contributed by atoms with E-state index in [1.165, 1.54) is 31.2 Å². The summed E-state index contributed by atoms with van der Waals surface area (Å²) in [7, 11) is -3.70. The average molecular weight is 303 g/mol. The van der Waals surface area contributed by atoms with Gasteiger partial charge in [0.2, 0.25) is 10.0 Å². The van der Waals surface area contributed by atoms with E-state index in [1.54, 1.807) is 0 Å². The van der Waals surface area contributed by atoms with Crippen LogP contribution >= 0.6 is 0 Å². The van der Waals surface area contributed by atoms with Crippen molar-refractivity contribution in [1.82, 2.24) is 4.31 Å². The molecule has 1 heterocycles. The second-order valence-electron chi connectivity index (χ2n) is 4.84. The Morgan fingerprint density at radius 1 is 1.40 bits per heavy atom. The molecule has 2 rings (SSSR count). The summed E-state index contributed by atoms with van der Waals surface area (Å²) in [5, 5.41) is 8.46. The Balaban J connectivity index is 2.08. The first-order chi connectivity index (χ1) is 9.21. The molecule has 0 aliphatic carbocycles. The minimum atomic E-state index is -3.70. The number of ether oxygens (including phenoxy) is 1. The lowest BCUT2D eigenvalue weighted by atomic mass is 10.0. The predicted molar refractivity (Wildman–Crippen MR) is 67.8 cm³/mol. The number of carbonyl (C=O) groups is 1. The van der Waals surface area contributed by atoms with E-state index in [0.29, 0.717) is 0 Å². The number of rotatable bonds is 5. The predicted octanol–water partition coefficient (Wildman–Crippen LogP) is 0.883. The molecular formula is C12H14FNO5S. The number of sulfonamides is 1. The summed E-state index contributed by atoms with van der Waals surface area (Å²) in [6.07, 6.45) is 0. The minimum Gasteiger partial charge on any atom is -0.482 e. The van der Waals surface area contributed by atoms with E-state index >= 15 is 0 Å². The van der Waals surface area contributed by atoms with Gasteiger partial charge in [0.15, 0.2) is 6.61 Å². The lowest BCUT2D eigenvalue weighted by molar-refractivity contribution is -0.139. The quantitative estimate of drug-likeness (QED) is 0.873. The molecule has 110 valence electrons. The van der Waals surface area contributed by atoms with Crippen molar-refractivity contribution >= 4 is 16.0 Å². The molecule has 1 aliphatic heterocycles. The van der Waals surface area contributed by atoms with Crippen molar-refractivity contribution in [3.63, 3.8) is 0 Å². The Morgan fingerprint density at radius 2 is 1.95 bits per heavy atom. The Labute approximate surface area is 115 Å². The van der Waals surface area contributed by atoms with E-state index in [0.717, 1.165) is 4.31 Å². The summed E-state index contributed by atoms with van der Waals surface area (Å²) in [4.78, 5) is 10.4. The molecule has 1 N–H and O–H groups in total. The van der Waals surface area contributed by atoms with E-state index in [1.807, 2.05) is 0 Å². The van der Waals surface area contributed by atoms with Crippen molar-refractivity contribution in [1.29, 1.82) is 0 Å². The molecule has 0 bridgehead atoms. The second-order valence-corrected chi connectivity index (χ2v) is 6.78. The highest BCUT2D eigenvalue weighted by molar-refractivity contribution is 7.89. The Kier molecular flexibility index (Phi) is 3.70. The fraction of sp³-hybridized carbons (Fsp3) is 0.417. The lowest BCUT2D eigenvalue weighted by Crippen LogP contribution is -2.58. The smallest absolute Gasteiger partial charge is 0.341 e. The van der Waals surface area contributed by atoms with Crippen LogP contribution in [0, 0.1) is 0 Å². The molecule has 1 fully saturated rings. The van der Waals surface area contributed by atoms with Crippen LogP contribution in [-0.2, 0) is 14.8 Å². The summed E-state index contributed by atoms with van der Waals surface area (Å²) < 4.78 is 43.5. The van der Waals surface area contributed by atoms with Crippen LogP contribution in [0.1, 0.15) is 6.92 Å². The molecule has 0 radical (unpaired) electrons. The summed E-state index contributed by atoms with van der Waals surface area (Å²) in [6.45, 7) is 0.527. The number of halogens is 1. The molecule has 1 aromatic carbocycles. The molecule has 6 nitrogen and oxygen atoms in total. The molecule has 8 heteroatoms. The monoisotopic (exact) mass is 303 g/mol. The molecular weight excluding hydrogens is 289 g/mol. The zero-order valence-electron chi connectivity index (χ0n) is 10.7. The molecule has 1 aliphatic rings. The number of aliphatic carboxylic acids is 1. The molecule has 0 spiro atoms. The van der Waals surface area contributed by atoms with Gasteiger partial charge in [-0.05, 0) is 31.2 Å². The first-order valence-corrected chi connectivity index (χ1v) is 7.28. The van der Waals surface area contributed by atoms with E-state index in [2.05, 4.69) is 0 Å². The Bertz CT molecular complexity index is 603. The van der Waals surface area contributed by atoms with Crippen molar-refractivity contribution in [2.75, 3.05) is 19.7 Å². The van der Waals surface area contributed by atoms with Crippen LogP contribution in [0.4, 0.5) is 4.39 Å². The molecule has 0 unspecified atom stereocenters. The van der Waals surface area contributed by atoms with Crippen molar-refractivity contribution in [2.24, 2.45) is 0 Å². The van der Waals surface area contributed by atoms with E-state index in [4.69, 9.17) is 9.84 Å². The first kappa shape index (κ1) is 14.7. The number of benzene rings is 1. The largest absolute Gasteiger partial charge is 0.482 e. The maximum Gasteiger partial charge on any atom is 0.341 e. The standard InChI is InChI=1S/C12H14FNO5S/c1-12(13)7-14(8-12)20(17,18)10-4-2-9(3-5-10)19-6-11(15)16/h2-5H,6-8H2,1H3,(H,15,16). The van der Waals surface area contributed by atoms with Crippen LogP contribution in [0.15, 0.2) is 29.2 Å². The summed E-state index contributed by atoms with van der Waals surface area (Å²) in [5.74, 6) is -0.866. The third-order valence-corrected chi connectivity index (χ3v) is 4.64. The summed E-state index contributed by atoms with van der Waals surface area (Å²) in [6, 6.07) is 5.34. The van der Waals surface area contributed by atoms with Crippen LogP contribution in [0.2, 0.25) is 0 Å². The number of carboxylic acids is 1. The van der Waals surface area contributed by atoms with Gasteiger partial charge in [-0.1, -0.05) is 0 Å². The summed E-state index contributed by atoms with van der Waals surface area (Å²) in [5.41, 5.74) is -1.47. The van der Waals surface area contributed by atoms with E-state index < -0.39 is 28.3 Å². The molecule has 0 saturated carbocycles. The van der Waals surface area contributed by atoms with Gasteiger partial charge in [-0.25, -0.2) is 17.6 Å². The van der Waals surface area contributed by atoms with Crippen molar-refractivity contribution in [3.05, 3.63) is 24.3 Å². The minimum absolute atomic E-state index is 0.0238. The maximum atomic E-state index is 13.4. The zero-order valence-corrected chi connectivity index (χ0v) is 11.6. The topological polar surface area (TPSA) is 83.9 Å². The van der Waals surface area contributed by atoms with Crippen LogP contribution in [0.5, 0.6) is 5.75 Å². The van der Waals surface area contributed by atoms with E-state index in [-0.39, 0.29) is 23.7 Å². The lowest BCUT2D eigenvalue weighted by Gasteiger charge is -2.40. The van der Waals surface area contributed by atoms with Gasteiger partial charge < -0.3 is 9.84 Å². The molecule has 20 heavy (non-hydrogen) atoms. The van der Waals surface area contributed by atoms with Crippen molar-refractivity contribution in [3.8, 4) is 5.75 Å². The van der Waals surface area contributed by atoms with Crippen molar-refractivity contribution < 1.29 is 27.4 Å². The highest BCUT2D eigenvalue weighted by Gasteiger charge is 2.45. The molecule has 0 aromatic heterocycles. The van der Waals surface area contributed by atoms with Gasteiger partial charge in [-0.2, -0.15) is 4.31 Å². The van der Waals surface area contributed by atoms with Gasteiger partial charge in [0.05, 0.1) is 4.90 Å². The Morgan fingerprint density at radius 3 is 2.40 bits per heavy atom. The van der Waals surface area contributed by atoms with Gasteiger partial charge in [-0.15, -0.1) is 0 Å². The second kappa shape index (κ2) is 5.02. The fourth-order valence-electron chi connectivity index (χ4n) is 1.86. The third kappa shape index (κ3) is 3.07. The first-order valence-electron chi connectivity index (χ1n) is 5.84. The maximum absolute atomic E-state index is 13.4. The molecule has 1 aromatic rings. The normalized spacial score (nSPS) is 18.3. The summed E-state index contributed by atoms with van der Waals surface area (Å²) >= 11 is 0. The molecule has 1 saturated heterocycles. The van der Waals surface area contributed by atoms with E-state index in [9.17, 15) is 17.6 Å². The molecule has 0 amide bonds. The van der Waals surface area contributed by atoms with Crippen LogP contribution in [0.25, 0.3) is 0 Å². The SMILES string of the molecule is CC1(F)CN(S(=O)(=O)c2ccc(OCC(=O)O)cc2)C1. The van der Waals surface area contributed by atoms with Crippen LogP contribution in [0.3, 0.4) is 0 Å². The third-order valence-electron chi connectivity index (χ3n) is 2.84. The van der Waals surface area contributed by atoms with Crippen molar-refractivity contribution in [2.45, 2.75) is 17.5 Å². The number of alkyl halides is 1. The van der Waals surface area contributed by atoms with Crippen LogP contribution in [-0.4, -0.2) is 49.2 Å². The zero-order chi connectivity index (χ0) is 15.0. The number of nitrogens with zero attached hydrogens (tertiary/aromatic N) is 1.